The van der Waals surface area contributed by atoms with Crippen LogP contribution in [0.15, 0.2) is 47.4 Å². The van der Waals surface area contributed by atoms with Gasteiger partial charge in [0.25, 0.3) is 0 Å². The molecule has 1 aliphatic carbocycles. The second kappa shape index (κ2) is 8.40. The Balaban J connectivity index is 1.29. The van der Waals surface area contributed by atoms with E-state index in [2.05, 4.69) is 0 Å². The van der Waals surface area contributed by atoms with Gasteiger partial charge in [0.2, 0.25) is 11.6 Å². The molecule has 0 saturated carbocycles. The molecule has 1 amide bonds. The van der Waals surface area contributed by atoms with E-state index in [0.29, 0.717) is 18.6 Å². The molecule has 2 aromatic carbocycles. The number of rotatable bonds is 1. The van der Waals surface area contributed by atoms with Crippen molar-refractivity contribution in [3.63, 3.8) is 0 Å². The van der Waals surface area contributed by atoms with Crippen LogP contribution in [0.5, 0.6) is 5.75 Å². The molecule has 0 bridgehead atoms. The molecular formula is C24H17F4NO5S. The maximum atomic E-state index is 13.9. The van der Waals surface area contributed by atoms with Crippen molar-refractivity contribution in [3.8, 4) is 5.75 Å². The number of benzene rings is 2. The molecule has 1 spiro atoms. The van der Waals surface area contributed by atoms with E-state index in [4.69, 9.17) is 9.47 Å². The number of allylic oxidation sites excluding steroid dienone is 1. The van der Waals surface area contributed by atoms with Crippen LogP contribution in [-0.4, -0.2) is 47.0 Å². The molecule has 0 unspecified atom stereocenters. The summed E-state index contributed by atoms with van der Waals surface area (Å²) in [6, 6.07) is 7.60. The summed E-state index contributed by atoms with van der Waals surface area (Å²) in [6.45, 7) is 0.397. The van der Waals surface area contributed by atoms with Crippen LogP contribution in [0.25, 0.3) is 5.76 Å². The van der Waals surface area contributed by atoms with E-state index >= 15 is 0 Å². The summed E-state index contributed by atoms with van der Waals surface area (Å²) < 4.78 is 64.0. The van der Waals surface area contributed by atoms with E-state index in [1.54, 1.807) is 0 Å². The molecule has 5 rings (SSSR count). The monoisotopic (exact) mass is 507 g/mol. The normalized spacial score (nSPS) is 19.3. The Kier molecular flexibility index (Phi) is 5.62. The van der Waals surface area contributed by atoms with Crippen molar-refractivity contribution >= 4 is 35.2 Å². The first-order valence-electron chi connectivity index (χ1n) is 10.7. The maximum Gasteiger partial charge on any atom is 0.416 e. The van der Waals surface area contributed by atoms with Gasteiger partial charge in [0.1, 0.15) is 27.8 Å². The number of hydrogen-bond acceptors (Lipinski definition) is 6. The molecule has 2 heterocycles. The summed E-state index contributed by atoms with van der Waals surface area (Å²) in [6.07, 6.45) is -4.65. The van der Waals surface area contributed by atoms with E-state index in [1.807, 2.05) is 0 Å². The van der Waals surface area contributed by atoms with E-state index in [9.17, 15) is 31.9 Å². The molecule has 6 nitrogen and oxygen atoms in total. The van der Waals surface area contributed by atoms with Crippen molar-refractivity contribution in [1.29, 1.82) is 0 Å². The Labute approximate surface area is 200 Å². The molecule has 0 aromatic heterocycles. The van der Waals surface area contributed by atoms with Gasteiger partial charge in [-0.1, -0.05) is 6.07 Å². The SMILES string of the molecule is O=C1C(=O)c2ccc(F)cc2C2=C1SCC1(CCN(C(=O)Oc3cccc(C(F)(F)F)c3)CC1)O2. The second-order valence-corrected chi connectivity index (χ2v) is 9.45. The predicted molar refractivity (Wildman–Crippen MR) is 117 cm³/mol. The fourth-order valence-electron chi connectivity index (χ4n) is 4.28. The lowest BCUT2D eigenvalue weighted by molar-refractivity contribution is -0.137. The van der Waals surface area contributed by atoms with Crippen LogP contribution in [0.4, 0.5) is 22.4 Å². The number of halogens is 4. The average molecular weight is 507 g/mol. The topological polar surface area (TPSA) is 72.9 Å². The van der Waals surface area contributed by atoms with Gasteiger partial charge in [-0.2, -0.15) is 13.2 Å². The molecule has 11 heteroatoms. The van der Waals surface area contributed by atoms with E-state index in [0.717, 1.165) is 30.3 Å². The van der Waals surface area contributed by atoms with Gasteiger partial charge in [0, 0.05) is 42.8 Å². The molecule has 0 radical (unpaired) electrons. The van der Waals surface area contributed by atoms with Gasteiger partial charge in [-0.3, -0.25) is 9.59 Å². The second-order valence-electron chi connectivity index (χ2n) is 8.46. The van der Waals surface area contributed by atoms with Gasteiger partial charge in [0.05, 0.1) is 5.56 Å². The van der Waals surface area contributed by atoms with Crippen LogP contribution in [0.2, 0.25) is 0 Å². The minimum atomic E-state index is -4.56. The van der Waals surface area contributed by atoms with Crippen LogP contribution in [0.1, 0.15) is 34.3 Å². The summed E-state index contributed by atoms with van der Waals surface area (Å²) in [7, 11) is 0. The first-order valence-corrected chi connectivity index (χ1v) is 11.6. The molecule has 35 heavy (non-hydrogen) atoms. The minimum absolute atomic E-state index is 0.0786. The number of ether oxygens (including phenoxy) is 2. The zero-order valence-corrected chi connectivity index (χ0v) is 18.8. The summed E-state index contributed by atoms with van der Waals surface area (Å²) in [5.41, 5.74) is -1.38. The fraction of sp³-hybridized carbons (Fsp3) is 0.292. The van der Waals surface area contributed by atoms with Crippen LogP contribution in [0.3, 0.4) is 0 Å². The van der Waals surface area contributed by atoms with Gasteiger partial charge in [-0.15, -0.1) is 11.8 Å². The van der Waals surface area contributed by atoms with E-state index in [-0.39, 0.29) is 40.6 Å². The number of ketones is 2. The average Bonchev–Trinajstić information content (AvgIpc) is 2.82. The van der Waals surface area contributed by atoms with Gasteiger partial charge in [-0.05, 0) is 36.4 Å². The number of nitrogens with zero attached hydrogens (tertiary/aromatic N) is 1. The van der Waals surface area contributed by atoms with Gasteiger partial charge in [-0.25, -0.2) is 9.18 Å². The predicted octanol–water partition coefficient (Wildman–Crippen LogP) is 5.08. The lowest BCUT2D eigenvalue weighted by Crippen LogP contribution is -2.51. The number of amides is 1. The highest BCUT2D eigenvalue weighted by Crippen LogP contribution is 2.47. The Morgan fingerprint density at radius 3 is 2.49 bits per heavy atom. The van der Waals surface area contributed by atoms with Crippen molar-refractivity contribution < 1.29 is 41.4 Å². The van der Waals surface area contributed by atoms with Gasteiger partial charge < -0.3 is 14.4 Å². The minimum Gasteiger partial charge on any atom is -0.484 e. The fourth-order valence-corrected chi connectivity index (χ4v) is 5.54. The third kappa shape index (κ3) is 4.29. The van der Waals surface area contributed by atoms with Crippen LogP contribution >= 0.6 is 11.8 Å². The molecule has 0 atom stereocenters. The Bertz CT molecular complexity index is 1280. The number of fused-ring (bicyclic) bond motifs is 2. The standard InChI is InChI=1S/C24H17F4NO5S/c25-14-4-5-16-17(11-14)20-21(19(31)18(16)30)35-12-23(34-20)6-8-29(9-7-23)22(32)33-15-3-1-2-13(10-15)24(26,27)28/h1-5,10-11H,6-9,12H2. The lowest BCUT2D eigenvalue weighted by Gasteiger charge is -2.45. The number of carbonyl (C=O) groups excluding carboxylic acids is 3. The number of thioether (sulfide) groups is 1. The molecule has 2 aliphatic heterocycles. The van der Waals surface area contributed by atoms with Crippen molar-refractivity contribution in [1.82, 2.24) is 4.90 Å². The Hall–Kier alpha value is -3.34. The molecule has 1 saturated heterocycles. The van der Waals surface area contributed by atoms with Crippen molar-refractivity contribution in [2.45, 2.75) is 24.6 Å². The van der Waals surface area contributed by atoms with Crippen molar-refractivity contribution in [2.75, 3.05) is 18.8 Å². The number of Topliss-reactive ketones (excluding diaryl/α,β-unsaturated/α-hetero) is 2. The highest BCUT2D eigenvalue weighted by atomic mass is 32.2. The highest BCUT2D eigenvalue weighted by molar-refractivity contribution is 8.04. The Morgan fingerprint density at radius 2 is 1.77 bits per heavy atom. The van der Waals surface area contributed by atoms with E-state index in [1.165, 1.54) is 28.8 Å². The highest BCUT2D eigenvalue weighted by Gasteiger charge is 2.46. The number of hydrogen-bond donors (Lipinski definition) is 0. The summed E-state index contributed by atoms with van der Waals surface area (Å²) in [5.74, 6) is -1.67. The summed E-state index contributed by atoms with van der Waals surface area (Å²) in [5, 5.41) is 0. The van der Waals surface area contributed by atoms with Gasteiger partial charge in [0.15, 0.2) is 0 Å². The summed E-state index contributed by atoms with van der Waals surface area (Å²) in [4.78, 5) is 39.0. The largest absolute Gasteiger partial charge is 0.484 e. The zero-order valence-electron chi connectivity index (χ0n) is 18.0. The Morgan fingerprint density at radius 1 is 1.03 bits per heavy atom. The summed E-state index contributed by atoms with van der Waals surface area (Å²) >= 11 is 1.17. The maximum absolute atomic E-state index is 13.9. The quantitative estimate of drug-likeness (QED) is 0.396. The first-order chi connectivity index (χ1) is 16.6. The molecular weight excluding hydrogens is 490 g/mol. The number of likely N-dealkylation sites (tertiary alicyclic amines) is 1. The smallest absolute Gasteiger partial charge is 0.416 e. The lowest BCUT2D eigenvalue weighted by atomic mass is 9.90. The third-order valence-electron chi connectivity index (χ3n) is 6.19. The number of piperidine rings is 1. The van der Waals surface area contributed by atoms with Crippen LogP contribution < -0.4 is 4.74 Å². The molecule has 2 aromatic rings. The van der Waals surface area contributed by atoms with Crippen molar-refractivity contribution in [3.05, 3.63) is 69.9 Å². The molecule has 3 aliphatic rings. The molecule has 0 N–H and O–H groups in total. The first kappa shape index (κ1) is 23.4. The molecule has 1 fully saturated rings. The van der Waals surface area contributed by atoms with Crippen LogP contribution in [0, 0.1) is 5.82 Å². The third-order valence-corrected chi connectivity index (χ3v) is 7.52. The zero-order chi connectivity index (χ0) is 25.0. The molecule has 182 valence electrons. The van der Waals surface area contributed by atoms with E-state index < -0.39 is 40.8 Å². The number of carbonyl (C=O) groups is 3. The van der Waals surface area contributed by atoms with Gasteiger partial charge >= 0.3 is 12.3 Å². The van der Waals surface area contributed by atoms with Crippen LogP contribution in [-0.2, 0) is 15.7 Å². The van der Waals surface area contributed by atoms with Crippen molar-refractivity contribution in [2.24, 2.45) is 0 Å². The number of alkyl halides is 3.